The van der Waals surface area contributed by atoms with E-state index in [2.05, 4.69) is 0 Å². The van der Waals surface area contributed by atoms with Crippen LogP contribution in [-0.2, 0) is 4.74 Å². The second-order valence-corrected chi connectivity index (χ2v) is 3.16. The third kappa shape index (κ3) is 2.91. The van der Waals surface area contributed by atoms with E-state index >= 15 is 0 Å². The van der Waals surface area contributed by atoms with Crippen molar-refractivity contribution in [3.8, 4) is 0 Å². The van der Waals surface area contributed by atoms with E-state index < -0.39 is 0 Å². The second kappa shape index (κ2) is 5.68. The average Bonchev–Trinajstić information content (AvgIpc) is 2.30. The van der Waals surface area contributed by atoms with Gasteiger partial charge in [0.15, 0.2) is 0 Å². The van der Waals surface area contributed by atoms with Crippen LogP contribution < -0.4 is 17.0 Å². The Kier molecular flexibility index (Phi) is 4.52. The summed E-state index contributed by atoms with van der Waals surface area (Å²) in [5.41, 5.74) is 0. The monoisotopic (exact) mass is 228 g/mol. The molecule has 4 nitrogen and oxygen atoms in total. The largest absolute Gasteiger partial charge is 1.00 e. The van der Waals surface area contributed by atoms with Crippen LogP contribution in [0.5, 0.6) is 0 Å². The summed E-state index contributed by atoms with van der Waals surface area (Å²) in [4.78, 5) is 13.6. The number of amides is 1. The first-order valence-electron chi connectivity index (χ1n) is 4.71. The topological polar surface area (TPSA) is 33.4 Å². The molecule has 0 spiro atoms. The van der Waals surface area contributed by atoms with E-state index in [4.69, 9.17) is 4.74 Å². The van der Waals surface area contributed by atoms with Gasteiger partial charge in [-0.25, -0.2) is 4.90 Å². The van der Waals surface area contributed by atoms with Gasteiger partial charge in [0.2, 0.25) is 0 Å². The molecule has 0 N–H and O–H groups in total. The molecule has 5 heteroatoms. The molecule has 0 bridgehead atoms. The van der Waals surface area contributed by atoms with Gasteiger partial charge in [-0.05, 0) is 12.1 Å². The van der Waals surface area contributed by atoms with Crippen LogP contribution in [0.3, 0.4) is 0 Å². The van der Waals surface area contributed by atoms with E-state index in [-0.39, 0.29) is 18.4 Å². The lowest BCUT2D eigenvalue weighted by molar-refractivity contribution is -0.578. The van der Waals surface area contributed by atoms with Gasteiger partial charge in [0, 0.05) is 0 Å². The van der Waals surface area contributed by atoms with Crippen LogP contribution in [0.4, 0.5) is 4.79 Å². The highest BCUT2D eigenvalue weighted by molar-refractivity contribution is 5.64. The van der Waals surface area contributed by atoms with Gasteiger partial charge < -0.3 is 17.1 Å². The number of halogens is 1. The molecule has 1 saturated heterocycles. The number of hydrogen-bond acceptors (Lipinski definition) is 2. The fourth-order valence-corrected chi connectivity index (χ4v) is 1.44. The lowest BCUT2D eigenvalue weighted by atomic mass is 10.4. The number of nitrogens with zero attached hydrogens (tertiary/aromatic N) is 2. The molecule has 1 aliphatic rings. The van der Waals surface area contributed by atoms with E-state index in [1.807, 2.05) is 18.2 Å². The zero-order valence-corrected chi connectivity index (χ0v) is 9.06. The number of morpholine rings is 1. The quantitative estimate of drug-likeness (QED) is 0.452. The minimum absolute atomic E-state index is 0. The van der Waals surface area contributed by atoms with Crippen LogP contribution in [-0.4, -0.2) is 37.2 Å². The molecule has 0 saturated carbocycles. The molecule has 2 heterocycles. The molecule has 0 unspecified atom stereocenters. The van der Waals surface area contributed by atoms with Gasteiger partial charge in [0.05, 0.1) is 25.6 Å². The normalized spacial score (nSPS) is 15.6. The number of hydrogen-bond donors (Lipinski definition) is 0. The third-order valence-corrected chi connectivity index (χ3v) is 2.22. The van der Waals surface area contributed by atoms with Crippen molar-refractivity contribution >= 4 is 6.03 Å². The molecule has 1 aliphatic heterocycles. The molecule has 1 aromatic rings. The van der Waals surface area contributed by atoms with Crippen molar-refractivity contribution in [2.45, 2.75) is 0 Å². The number of ether oxygens (including phenoxy) is 1. The van der Waals surface area contributed by atoms with E-state index in [0.717, 1.165) is 0 Å². The predicted octanol–water partition coefficient (Wildman–Crippen LogP) is -2.72. The zero-order valence-electron chi connectivity index (χ0n) is 8.30. The van der Waals surface area contributed by atoms with E-state index in [0.29, 0.717) is 26.3 Å². The van der Waals surface area contributed by atoms with Crippen LogP contribution in [0.25, 0.3) is 0 Å². The molecule has 0 aromatic carbocycles. The van der Waals surface area contributed by atoms with E-state index in [1.165, 1.54) is 0 Å². The first kappa shape index (κ1) is 11.9. The Morgan fingerprint density at radius 3 is 2.33 bits per heavy atom. The van der Waals surface area contributed by atoms with Crippen LogP contribution in [0.1, 0.15) is 0 Å². The van der Waals surface area contributed by atoms with Gasteiger partial charge in [-0.1, -0.05) is 6.07 Å². The molecule has 1 fully saturated rings. The maximum atomic E-state index is 11.8. The van der Waals surface area contributed by atoms with Gasteiger partial charge >= 0.3 is 6.03 Å². The first-order valence-corrected chi connectivity index (χ1v) is 4.71. The Morgan fingerprint density at radius 1 is 1.13 bits per heavy atom. The Morgan fingerprint density at radius 2 is 1.73 bits per heavy atom. The molecule has 2 rings (SSSR count). The summed E-state index contributed by atoms with van der Waals surface area (Å²) in [6.45, 7) is 2.64. The van der Waals surface area contributed by atoms with Crippen molar-refractivity contribution < 1.29 is 26.5 Å². The highest BCUT2D eigenvalue weighted by Gasteiger charge is 2.25. The first-order chi connectivity index (χ1) is 6.88. The third-order valence-electron chi connectivity index (χ3n) is 2.22. The summed E-state index contributed by atoms with van der Waals surface area (Å²) >= 11 is 0. The van der Waals surface area contributed by atoms with E-state index in [9.17, 15) is 4.79 Å². The number of aromatic nitrogens is 1. The van der Waals surface area contributed by atoms with Gasteiger partial charge in [0.25, 0.3) is 0 Å². The van der Waals surface area contributed by atoms with Crippen LogP contribution in [0.2, 0.25) is 0 Å². The second-order valence-electron chi connectivity index (χ2n) is 3.16. The molecule has 82 valence electrons. The Bertz CT molecular complexity index is 312. The van der Waals surface area contributed by atoms with Crippen molar-refractivity contribution in [3.63, 3.8) is 0 Å². The van der Waals surface area contributed by atoms with Crippen LogP contribution in [0.15, 0.2) is 30.6 Å². The van der Waals surface area contributed by atoms with Gasteiger partial charge in [-0.3, -0.25) is 0 Å². The van der Waals surface area contributed by atoms with Gasteiger partial charge in [-0.15, -0.1) is 0 Å². The molecule has 0 aliphatic carbocycles. The van der Waals surface area contributed by atoms with E-state index in [1.54, 1.807) is 21.9 Å². The number of carbonyl (C=O) groups is 1. The van der Waals surface area contributed by atoms with Gasteiger partial charge in [0.1, 0.15) is 13.1 Å². The highest BCUT2D eigenvalue weighted by Crippen LogP contribution is 1.96. The Balaban J connectivity index is 0.00000112. The Hall–Kier alpha value is -1.13. The van der Waals surface area contributed by atoms with Crippen LogP contribution in [0, 0.1) is 0 Å². The lowest BCUT2D eigenvalue weighted by Gasteiger charge is -2.19. The molecule has 0 atom stereocenters. The number of rotatable bonds is 0. The summed E-state index contributed by atoms with van der Waals surface area (Å²) in [5.74, 6) is 0. The van der Waals surface area contributed by atoms with Crippen molar-refractivity contribution in [1.82, 2.24) is 4.90 Å². The molecule has 15 heavy (non-hydrogen) atoms. The molecular weight excluding hydrogens is 216 g/mol. The number of pyridine rings is 1. The van der Waals surface area contributed by atoms with Crippen molar-refractivity contribution in [3.05, 3.63) is 30.6 Å². The SMILES string of the molecule is O=C(N1CCOCC1)[n+]1ccccc1.[Cl-]. The van der Waals surface area contributed by atoms with Gasteiger partial charge in [-0.2, -0.15) is 9.36 Å². The maximum Gasteiger partial charge on any atom is 0.498 e. The van der Waals surface area contributed by atoms with Crippen molar-refractivity contribution in [2.24, 2.45) is 0 Å². The average molecular weight is 229 g/mol. The standard InChI is InChI=1S/C10H13N2O2.ClH/c13-10(11-4-2-1-3-5-11)12-6-8-14-9-7-12;/h1-5H,6-9H2;1H/q+1;/p-1. The minimum Gasteiger partial charge on any atom is -1.00 e. The molecule has 0 radical (unpaired) electrons. The maximum absolute atomic E-state index is 11.8. The van der Waals surface area contributed by atoms with Crippen molar-refractivity contribution in [1.29, 1.82) is 0 Å². The number of carbonyl (C=O) groups excluding carboxylic acids is 1. The highest BCUT2D eigenvalue weighted by atomic mass is 35.5. The lowest BCUT2D eigenvalue weighted by Crippen LogP contribution is -3.00. The Labute approximate surface area is 94.9 Å². The van der Waals surface area contributed by atoms with Crippen LogP contribution >= 0.6 is 0 Å². The minimum atomic E-state index is 0. The summed E-state index contributed by atoms with van der Waals surface area (Å²) in [6.07, 6.45) is 3.52. The zero-order chi connectivity index (χ0) is 9.80. The smallest absolute Gasteiger partial charge is 0.498 e. The fraction of sp³-hybridized carbons (Fsp3) is 0.400. The summed E-state index contributed by atoms with van der Waals surface area (Å²) in [7, 11) is 0. The van der Waals surface area contributed by atoms with Crippen molar-refractivity contribution in [2.75, 3.05) is 26.3 Å². The molecular formula is C10H13ClN2O2. The summed E-state index contributed by atoms with van der Waals surface area (Å²) in [5, 5.41) is 0. The predicted molar refractivity (Wildman–Crippen MR) is 49.8 cm³/mol. The fourth-order valence-electron chi connectivity index (χ4n) is 1.44. The molecule has 1 aromatic heterocycles. The summed E-state index contributed by atoms with van der Waals surface area (Å²) < 4.78 is 6.77. The summed E-state index contributed by atoms with van der Waals surface area (Å²) in [6, 6.07) is 5.61. The molecule has 1 amide bonds.